The molecule has 2 aromatic rings. The number of aryl methyl sites for hydroxylation is 1. The van der Waals surface area contributed by atoms with Gasteiger partial charge in [0.05, 0.1) is 11.8 Å². The van der Waals surface area contributed by atoms with Crippen LogP contribution in [-0.2, 0) is 19.5 Å². The van der Waals surface area contributed by atoms with Crippen LogP contribution in [0.5, 0.6) is 0 Å². The van der Waals surface area contributed by atoms with Crippen LogP contribution in [0, 0.1) is 0 Å². The van der Waals surface area contributed by atoms with Gasteiger partial charge in [-0.05, 0) is 43.1 Å². The number of rotatable bonds is 3. The second kappa shape index (κ2) is 5.46. The van der Waals surface area contributed by atoms with Crippen LogP contribution in [0.3, 0.4) is 0 Å². The Morgan fingerprint density at radius 2 is 2.35 bits per heavy atom. The zero-order valence-electron chi connectivity index (χ0n) is 11.5. The molecule has 0 saturated heterocycles. The predicted molar refractivity (Wildman–Crippen MR) is 77.7 cm³/mol. The van der Waals surface area contributed by atoms with Crippen LogP contribution in [0.25, 0.3) is 0 Å². The van der Waals surface area contributed by atoms with E-state index in [-0.39, 0.29) is 5.91 Å². The van der Waals surface area contributed by atoms with Crippen molar-refractivity contribution in [1.82, 2.24) is 15.1 Å². The minimum atomic E-state index is -0.117. The second-order valence-electron chi connectivity index (χ2n) is 4.95. The average Bonchev–Trinajstić information content (AvgIpc) is 2.96. The van der Waals surface area contributed by atoms with Gasteiger partial charge in [-0.1, -0.05) is 6.07 Å². The van der Waals surface area contributed by atoms with Crippen molar-refractivity contribution in [2.45, 2.75) is 26.4 Å². The lowest BCUT2D eigenvalue weighted by Crippen LogP contribution is -2.23. The van der Waals surface area contributed by atoms with E-state index in [2.05, 4.69) is 21.8 Å². The number of aromatic nitrogens is 2. The quantitative estimate of drug-likeness (QED) is 0.894. The van der Waals surface area contributed by atoms with Gasteiger partial charge >= 0.3 is 0 Å². The number of fused-ring (bicyclic) bond motifs is 1. The van der Waals surface area contributed by atoms with Gasteiger partial charge in [0.15, 0.2) is 0 Å². The van der Waals surface area contributed by atoms with Gasteiger partial charge in [0.2, 0.25) is 0 Å². The van der Waals surface area contributed by atoms with E-state index in [1.54, 1.807) is 17.1 Å². The Labute approximate surface area is 118 Å². The molecule has 20 heavy (non-hydrogen) atoms. The maximum atomic E-state index is 12.1. The van der Waals surface area contributed by atoms with E-state index in [1.807, 2.05) is 19.1 Å². The molecule has 0 unspecified atom stereocenters. The van der Waals surface area contributed by atoms with Crippen molar-refractivity contribution in [1.29, 1.82) is 0 Å². The molecule has 1 aliphatic heterocycles. The molecule has 0 saturated carbocycles. The number of anilines is 1. The molecule has 104 valence electrons. The lowest BCUT2D eigenvalue weighted by molar-refractivity contribution is 0.102. The Hall–Kier alpha value is -2.14. The lowest BCUT2D eigenvalue weighted by Gasteiger charge is -2.18. The highest BCUT2D eigenvalue weighted by molar-refractivity contribution is 6.03. The van der Waals surface area contributed by atoms with Gasteiger partial charge in [0.1, 0.15) is 0 Å². The molecule has 1 aromatic carbocycles. The number of carbonyl (C=O) groups is 1. The number of carbonyl (C=O) groups excluding carboxylic acids is 1. The van der Waals surface area contributed by atoms with Gasteiger partial charge < -0.3 is 10.6 Å². The number of amides is 1. The first-order valence-electron chi connectivity index (χ1n) is 6.92. The Balaban J connectivity index is 1.75. The highest BCUT2D eigenvalue weighted by Crippen LogP contribution is 2.19. The summed E-state index contributed by atoms with van der Waals surface area (Å²) in [5.74, 6) is -0.117. The summed E-state index contributed by atoms with van der Waals surface area (Å²) in [5.41, 5.74) is 4.04. The van der Waals surface area contributed by atoms with Gasteiger partial charge in [-0.3, -0.25) is 9.48 Å². The van der Waals surface area contributed by atoms with E-state index in [9.17, 15) is 4.79 Å². The van der Waals surface area contributed by atoms with E-state index in [4.69, 9.17) is 0 Å². The van der Waals surface area contributed by atoms with Crippen LogP contribution >= 0.6 is 0 Å². The molecule has 5 nitrogen and oxygen atoms in total. The number of nitrogens with one attached hydrogen (secondary N) is 2. The number of hydrogen-bond donors (Lipinski definition) is 2. The summed E-state index contributed by atoms with van der Waals surface area (Å²) >= 11 is 0. The van der Waals surface area contributed by atoms with Crippen molar-refractivity contribution >= 4 is 11.6 Å². The normalized spacial score (nSPS) is 13.8. The van der Waals surface area contributed by atoms with E-state index in [0.717, 1.165) is 31.7 Å². The van der Waals surface area contributed by atoms with Gasteiger partial charge in [-0.2, -0.15) is 5.10 Å². The van der Waals surface area contributed by atoms with E-state index < -0.39 is 0 Å². The van der Waals surface area contributed by atoms with Gasteiger partial charge in [0.25, 0.3) is 5.91 Å². The van der Waals surface area contributed by atoms with Gasteiger partial charge in [-0.15, -0.1) is 0 Å². The molecule has 0 bridgehead atoms. The summed E-state index contributed by atoms with van der Waals surface area (Å²) in [6.07, 6.45) is 4.40. The standard InChI is InChI=1S/C15H18N4O/c1-2-19-10-13(9-17-19)15(20)18-14-4-3-11-5-6-16-8-12(11)7-14/h3-4,7,9-10,16H,2,5-6,8H2,1H3,(H,18,20). The molecular weight excluding hydrogens is 252 g/mol. The second-order valence-corrected chi connectivity index (χ2v) is 4.95. The smallest absolute Gasteiger partial charge is 0.258 e. The first-order valence-corrected chi connectivity index (χ1v) is 6.92. The van der Waals surface area contributed by atoms with Crippen molar-refractivity contribution in [3.05, 3.63) is 47.3 Å². The summed E-state index contributed by atoms with van der Waals surface area (Å²) in [5, 5.41) is 10.4. The molecule has 0 fully saturated rings. The summed E-state index contributed by atoms with van der Waals surface area (Å²) in [6.45, 7) is 4.64. The SMILES string of the molecule is CCn1cc(C(=O)Nc2ccc3c(c2)CNCC3)cn1. The predicted octanol–water partition coefficient (Wildman–Crippen LogP) is 1.80. The van der Waals surface area contributed by atoms with Crippen molar-refractivity contribution in [3.8, 4) is 0 Å². The van der Waals surface area contributed by atoms with Crippen LogP contribution in [0.4, 0.5) is 5.69 Å². The topological polar surface area (TPSA) is 59.0 Å². The average molecular weight is 270 g/mol. The summed E-state index contributed by atoms with van der Waals surface area (Å²) in [6, 6.07) is 6.11. The Morgan fingerprint density at radius 1 is 1.45 bits per heavy atom. The molecule has 1 aliphatic rings. The molecule has 2 N–H and O–H groups in total. The Bertz CT molecular complexity index is 633. The molecule has 1 amide bonds. The van der Waals surface area contributed by atoms with Crippen LogP contribution in [0.1, 0.15) is 28.4 Å². The number of nitrogens with zero attached hydrogens (tertiary/aromatic N) is 2. The van der Waals surface area contributed by atoms with Gasteiger partial charge in [-0.25, -0.2) is 0 Å². The fourth-order valence-electron chi connectivity index (χ4n) is 2.42. The molecule has 2 heterocycles. The maximum Gasteiger partial charge on any atom is 0.258 e. The van der Waals surface area contributed by atoms with Gasteiger partial charge in [0, 0.05) is 25.0 Å². The lowest BCUT2D eigenvalue weighted by atomic mass is 10.0. The fourth-order valence-corrected chi connectivity index (χ4v) is 2.42. The van der Waals surface area contributed by atoms with Crippen molar-refractivity contribution in [2.24, 2.45) is 0 Å². The molecule has 0 atom stereocenters. The molecule has 0 radical (unpaired) electrons. The van der Waals surface area contributed by atoms with Crippen LogP contribution in [0.15, 0.2) is 30.6 Å². The third kappa shape index (κ3) is 2.58. The molecule has 1 aromatic heterocycles. The first-order chi connectivity index (χ1) is 9.76. The molecule has 0 spiro atoms. The van der Waals surface area contributed by atoms with Crippen molar-refractivity contribution < 1.29 is 4.79 Å². The molecular formula is C15H18N4O. The number of benzene rings is 1. The summed E-state index contributed by atoms with van der Waals surface area (Å²) in [4.78, 5) is 12.1. The maximum absolute atomic E-state index is 12.1. The van der Waals surface area contributed by atoms with Crippen LogP contribution in [0.2, 0.25) is 0 Å². The van der Waals surface area contributed by atoms with Crippen LogP contribution in [-0.4, -0.2) is 22.2 Å². The van der Waals surface area contributed by atoms with Crippen molar-refractivity contribution in [3.63, 3.8) is 0 Å². The summed E-state index contributed by atoms with van der Waals surface area (Å²) < 4.78 is 1.74. The largest absolute Gasteiger partial charge is 0.322 e. The molecule has 0 aliphatic carbocycles. The van der Waals surface area contributed by atoms with E-state index in [0.29, 0.717) is 5.56 Å². The minimum Gasteiger partial charge on any atom is -0.322 e. The summed E-state index contributed by atoms with van der Waals surface area (Å²) in [7, 11) is 0. The third-order valence-corrected chi connectivity index (χ3v) is 3.57. The fraction of sp³-hybridized carbons (Fsp3) is 0.333. The van der Waals surface area contributed by atoms with E-state index in [1.165, 1.54) is 11.1 Å². The zero-order chi connectivity index (χ0) is 13.9. The van der Waals surface area contributed by atoms with E-state index >= 15 is 0 Å². The first kappa shape index (κ1) is 12.9. The van der Waals surface area contributed by atoms with Crippen LogP contribution < -0.4 is 10.6 Å². The highest BCUT2D eigenvalue weighted by Gasteiger charge is 2.12. The Kier molecular flexibility index (Phi) is 3.52. The Morgan fingerprint density at radius 3 is 3.15 bits per heavy atom. The zero-order valence-corrected chi connectivity index (χ0v) is 11.5. The minimum absolute atomic E-state index is 0.117. The van der Waals surface area contributed by atoms with Crippen molar-refractivity contribution in [2.75, 3.05) is 11.9 Å². The monoisotopic (exact) mass is 270 g/mol. The highest BCUT2D eigenvalue weighted by atomic mass is 16.1. The molecule has 5 heteroatoms. The third-order valence-electron chi connectivity index (χ3n) is 3.57. The molecule has 3 rings (SSSR count). The number of hydrogen-bond acceptors (Lipinski definition) is 3.